The average Bonchev–Trinajstić information content (AvgIpc) is 2.16. The molecule has 2 atom stereocenters. The Morgan fingerprint density at radius 1 is 1.36 bits per heavy atom. The Labute approximate surface area is 83.6 Å². The molecule has 4 heteroatoms. The quantitative estimate of drug-likeness (QED) is 0.752. The van der Waals surface area contributed by atoms with Crippen LogP contribution in [0.4, 0.5) is 5.82 Å². The monoisotopic (exact) mass is 193 g/mol. The zero-order chi connectivity index (χ0) is 10.1. The van der Waals surface area contributed by atoms with E-state index in [0.29, 0.717) is 0 Å². The molecule has 0 radical (unpaired) electrons. The van der Waals surface area contributed by atoms with Gasteiger partial charge in [-0.25, -0.2) is 4.98 Å². The lowest BCUT2D eigenvalue weighted by atomic mass is 9.88. The molecule has 1 fully saturated rings. The van der Waals surface area contributed by atoms with E-state index >= 15 is 0 Å². The summed E-state index contributed by atoms with van der Waals surface area (Å²) in [7, 11) is 1.96. The highest BCUT2D eigenvalue weighted by molar-refractivity contribution is 5.43. The molecule has 2 rings (SSSR count). The molecule has 1 heterocycles. The van der Waals surface area contributed by atoms with Gasteiger partial charge in [-0.05, 0) is 19.8 Å². The standard InChI is InChI=1S/C10H15N3O/c1-7-10(12-6-5-11-7)13(2)8-3-4-9(8)14/h5-6,8-9,14H,3-4H2,1-2H3. The summed E-state index contributed by atoms with van der Waals surface area (Å²) in [5, 5.41) is 9.54. The van der Waals surface area contributed by atoms with E-state index in [2.05, 4.69) is 9.97 Å². The Hall–Kier alpha value is -1.16. The van der Waals surface area contributed by atoms with Crippen LogP contribution in [0.1, 0.15) is 18.5 Å². The number of nitrogens with zero attached hydrogens (tertiary/aromatic N) is 3. The van der Waals surface area contributed by atoms with E-state index < -0.39 is 0 Å². The fourth-order valence-electron chi connectivity index (χ4n) is 1.82. The average molecular weight is 193 g/mol. The lowest BCUT2D eigenvalue weighted by Crippen LogP contribution is -2.49. The molecule has 0 spiro atoms. The van der Waals surface area contributed by atoms with Crippen molar-refractivity contribution in [3.63, 3.8) is 0 Å². The fraction of sp³-hybridized carbons (Fsp3) is 0.600. The van der Waals surface area contributed by atoms with Crippen LogP contribution in [0.25, 0.3) is 0 Å². The van der Waals surface area contributed by atoms with Gasteiger partial charge >= 0.3 is 0 Å². The van der Waals surface area contributed by atoms with Crippen molar-refractivity contribution in [1.82, 2.24) is 9.97 Å². The summed E-state index contributed by atoms with van der Waals surface area (Å²) >= 11 is 0. The number of aliphatic hydroxyl groups is 1. The summed E-state index contributed by atoms with van der Waals surface area (Å²) in [5.74, 6) is 0.872. The number of aliphatic hydroxyl groups excluding tert-OH is 1. The van der Waals surface area contributed by atoms with E-state index in [9.17, 15) is 5.11 Å². The Morgan fingerprint density at radius 3 is 2.57 bits per heavy atom. The molecule has 0 bridgehead atoms. The first-order chi connectivity index (χ1) is 6.70. The Morgan fingerprint density at radius 2 is 2.07 bits per heavy atom. The van der Waals surface area contributed by atoms with Gasteiger partial charge in [-0.15, -0.1) is 0 Å². The van der Waals surface area contributed by atoms with Crippen molar-refractivity contribution in [1.29, 1.82) is 0 Å². The highest BCUT2D eigenvalue weighted by Crippen LogP contribution is 2.28. The third-order valence-corrected chi connectivity index (χ3v) is 2.89. The third-order valence-electron chi connectivity index (χ3n) is 2.89. The summed E-state index contributed by atoms with van der Waals surface area (Å²) in [5.41, 5.74) is 0.911. The smallest absolute Gasteiger partial charge is 0.150 e. The van der Waals surface area contributed by atoms with Gasteiger partial charge in [-0.2, -0.15) is 0 Å². The number of hydrogen-bond donors (Lipinski definition) is 1. The normalized spacial score (nSPS) is 25.6. The molecule has 2 unspecified atom stereocenters. The van der Waals surface area contributed by atoms with Gasteiger partial charge in [-0.1, -0.05) is 0 Å². The minimum absolute atomic E-state index is 0.207. The molecule has 76 valence electrons. The van der Waals surface area contributed by atoms with E-state index in [1.165, 1.54) is 0 Å². The van der Waals surface area contributed by atoms with Crippen molar-refractivity contribution < 1.29 is 5.11 Å². The predicted octanol–water partition coefficient (Wildman–Crippen LogP) is 0.745. The highest BCUT2D eigenvalue weighted by atomic mass is 16.3. The second-order valence-corrected chi connectivity index (χ2v) is 3.79. The molecule has 1 N–H and O–H groups in total. The Balaban J connectivity index is 2.18. The molecular weight excluding hydrogens is 178 g/mol. The van der Waals surface area contributed by atoms with Crippen LogP contribution in [-0.4, -0.2) is 34.3 Å². The van der Waals surface area contributed by atoms with Gasteiger partial charge in [-0.3, -0.25) is 4.98 Å². The van der Waals surface area contributed by atoms with E-state index in [-0.39, 0.29) is 12.1 Å². The second kappa shape index (κ2) is 3.53. The van der Waals surface area contributed by atoms with Crippen LogP contribution in [0, 0.1) is 6.92 Å². The predicted molar refractivity (Wildman–Crippen MR) is 54.2 cm³/mol. The SMILES string of the molecule is Cc1nccnc1N(C)C1CCC1O. The number of aryl methyl sites for hydroxylation is 1. The summed E-state index contributed by atoms with van der Waals surface area (Å²) in [6.45, 7) is 1.93. The number of rotatable bonds is 2. The fourth-order valence-corrected chi connectivity index (χ4v) is 1.82. The van der Waals surface area contributed by atoms with Gasteiger partial charge in [0.1, 0.15) is 5.82 Å². The molecule has 1 saturated carbocycles. The Bertz CT molecular complexity index is 329. The Kier molecular flexibility index (Phi) is 2.37. The van der Waals surface area contributed by atoms with Crippen molar-refractivity contribution in [2.75, 3.05) is 11.9 Å². The van der Waals surface area contributed by atoms with Crippen LogP contribution in [0.2, 0.25) is 0 Å². The highest BCUT2D eigenvalue weighted by Gasteiger charge is 2.33. The summed E-state index contributed by atoms with van der Waals surface area (Å²) in [6.07, 6.45) is 5.09. The van der Waals surface area contributed by atoms with Crippen molar-refractivity contribution in [2.24, 2.45) is 0 Å². The minimum atomic E-state index is -0.207. The molecule has 0 aliphatic heterocycles. The number of hydrogen-bond acceptors (Lipinski definition) is 4. The largest absolute Gasteiger partial charge is 0.391 e. The molecule has 0 amide bonds. The number of aromatic nitrogens is 2. The molecule has 4 nitrogen and oxygen atoms in total. The van der Waals surface area contributed by atoms with E-state index in [4.69, 9.17) is 0 Å². The molecule has 0 aromatic carbocycles. The second-order valence-electron chi connectivity index (χ2n) is 3.79. The van der Waals surface area contributed by atoms with Crippen LogP contribution in [0.5, 0.6) is 0 Å². The van der Waals surface area contributed by atoms with Crippen LogP contribution in [0.15, 0.2) is 12.4 Å². The lowest BCUT2D eigenvalue weighted by Gasteiger charge is -2.40. The van der Waals surface area contributed by atoms with Crippen molar-refractivity contribution in [3.8, 4) is 0 Å². The first kappa shape index (κ1) is 9.40. The molecule has 1 aliphatic carbocycles. The van der Waals surface area contributed by atoms with Gasteiger partial charge in [0, 0.05) is 19.4 Å². The van der Waals surface area contributed by atoms with Crippen LogP contribution in [0.3, 0.4) is 0 Å². The maximum Gasteiger partial charge on any atom is 0.150 e. The number of likely N-dealkylation sites (N-methyl/N-ethyl adjacent to an activating group) is 1. The van der Waals surface area contributed by atoms with Crippen molar-refractivity contribution >= 4 is 5.82 Å². The third kappa shape index (κ3) is 1.46. The van der Waals surface area contributed by atoms with Gasteiger partial charge in [0.15, 0.2) is 0 Å². The minimum Gasteiger partial charge on any atom is -0.391 e. The summed E-state index contributed by atoms with van der Waals surface area (Å²) in [4.78, 5) is 10.5. The molecular formula is C10H15N3O. The van der Waals surface area contributed by atoms with Crippen molar-refractivity contribution in [2.45, 2.75) is 31.9 Å². The summed E-state index contributed by atoms with van der Waals surface area (Å²) in [6, 6.07) is 0.213. The number of anilines is 1. The van der Waals surface area contributed by atoms with Gasteiger partial charge in [0.2, 0.25) is 0 Å². The molecule has 0 saturated heterocycles. The molecule has 1 aromatic rings. The van der Waals surface area contributed by atoms with Gasteiger partial charge in [0.05, 0.1) is 17.8 Å². The maximum absolute atomic E-state index is 9.54. The topological polar surface area (TPSA) is 49.2 Å². The molecule has 1 aromatic heterocycles. The molecule has 1 aliphatic rings. The van der Waals surface area contributed by atoms with Gasteiger partial charge in [0.25, 0.3) is 0 Å². The summed E-state index contributed by atoms with van der Waals surface area (Å²) < 4.78 is 0. The maximum atomic E-state index is 9.54. The molecule has 14 heavy (non-hydrogen) atoms. The van der Waals surface area contributed by atoms with Crippen LogP contribution < -0.4 is 4.90 Å². The van der Waals surface area contributed by atoms with E-state index in [0.717, 1.165) is 24.4 Å². The van der Waals surface area contributed by atoms with Gasteiger partial charge < -0.3 is 10.0 Å². The zero-order valence-electron chi connectivity index (χ0n) is 8.51. The van der Waals surface area contributed by atoms with Crippen LogP contribution >= 0.6 is 0 Å². The van der Waals surface area contributed by atoms with E-state index in [1.54, 1.807) is 12.4 Å². The zero-order valence-corrected chi connectivity index (χ0v) is 8.51. The van der Waals surface area contributed by atoms with Crippen LogP contribution in [-0.2, 0) is 0 Å². The van der Waals surface area contributed by atoms with E-state index in [1.807, 2.05) is 18.9 Å². The van der Waals surface area contributed by atoms with Crippen molar-refractivity contribution in [3.05, 3.63) is 18.1 Å². The lowest BCUT2D eigenvalue weighted by molar-refractivity contribution is 0.0665. The first-order valence-corrected chi connectivity index (χ1v) is 4.88. The first-order valence-electron chi connectivity index (χ1n) is 4.88.